The topological polar surface area (TPSA) is 76.9 Å². The van der Waals surface area contributed by atoms with E-state index in [0.29, 0.717) is 12.6 Å². The second-order valence-corrected chi connectivity index (χ2v) is 7.63. The maximum Gasteiger partial charge on any atom is 0.328 e. The third-order valence-corrected chi connectivity index (χ3v) is 5.39. The maximum atomic E-state index is 9.58. The van der Waals surface area contributed by atoms with Gasteiger partial charge in [0, 0.05) is 18.7 Å². The van der Waals surface area contributed by atoms with E-state index in [1.54, 1.807) is 32.4 Å². The summed E-state index contributed by atoms with van der Waals surface area (Å²) in [5.41, 5.74) is 2.04. The highest BCUT2D eigenvalue weighted by Crippen LogP contribution is 2.28. The molecule has 1 aromatic heterocycles. The number of methoxy groups -OCH3 is 2. The lowest BCUT2D eigenvalue weighted by Crippen LogP contribution is -2.23. The predicted molar refractivity (Wildman–Crippen MR) is 125 cm³/mol. The first-order chi connectivity index (χ1) is 14.6. The highest BCUT2D eigenvalue weighted by Gasteiger charge is 2.09. The van der Waals surface area contributed by atoms with E-state index in [4.69, 9.17) is 14.2 Å². The van der Waals surface area contributed by atoms with Crippen LogP contribution in [0.15, 0.2) is 42.5 Å². The molecule has 0 aliphatic rings. The minimum absolute atomic E-state index is 0. The van der Waals surface area contributed by atoms with Gasteiger partial charge in [-0.3, -0.25) is 0 Å². The van der Waals surface area contributed by atoms with Gasteiger partial charge < -0.3 is 24.2 Å². The molecule has 0 fully saturated rings. The molecule has 0 spiro atoms. The van der Waals surface area contributed by atoms with Crippen LogP contribution in [0.5, 0.6) is 23.3 Å². The molecule has 0 aliphatic heterocycles. The Morgan fingerprint density at radius 2 is 1.84 bits per heavy atom. The van der Waals surface area contributed by atoms with Crippen LogP contribution >= 0.6 is 23.9 Å². The van der Waals surface area contributed by atoms with Crippen molar-refractivity contribution in [2.24, 2.45) is 0 Å². The summed E-state index contributed by atoms with van der Waals surface area (Å²) in [6.07, 6.45) is 1.81. The van der Waals surface area contributed by atoms with Crippen LogP contribution in [0.3, 0.4) is 0 Å². The number of aromatic hydroxyl groups is 1. The fraction of sp³-hybridized carbons (Fsp3) is 0.364. The summed E-state index contributed by atoms with van der Waals surface area (Å²) in [6.45, 7) is 2.40. The van der Waals surface area contributed by atoms with Crippen molar-refractivity contribution in [1.82, 2.24) is 14.3 Å². The van der Waals surface area contributed by atoms with Gasteiger partial charge in [-0.2, -0.15) is 4.98 Å². The molecule has 0 unspecified atom stereocenters. The second kappa shape index (κ2) is 12.3. The first-order valence-corrected chi connectivity index (χ1v) is 10.5. The summed E-state index contributed by atoms with van der Waals surface area (Å²) in [5.74, 6) is 1.71. The zero-order valence-corrected chi connectivity index (χ0v) is 19.5. The maximum absolute atomic E-state index is 9.58. The number of benzene rings is 2. The number of hydrogen-bond acceptors (Lipinski definition) is 8. The Morgan fingerprint density at radius 1 is 1.03 bits per heavy atom. The summed E-state index contributed by atoms with van der Waals surface area (Å²) in [6, 6.07) is 13.4. The summed E-state index contributed by atoms with van der Waals surface area (Å²) < 4.78 is 20.6. The molecule has 0 saturated carbocycles. The second-order valence-electron chi connectivity index (χ2n) is 6.88. The van der Waals surface area contributed by atoms with Crippen LogP contribution in [0.1, 0.15) is 12.0 Å². The summed E-state index contributed by atoms with van der Waals surface area (Å²) in [4.78, 5) is 6.65. The number of ether oxygens (including phenoxy) is 3. The van der Waals surface area contributed by atoms with E-state index in [2.05, 4.69) is 27.4 Å². The van der Waals surface area contributed by atoms with Crippen molar-refractivity contribution in [3.63, 3.8) is 0 Å². The van der Waals surface area contributed by atoms with Crippen LogP contribution in [0.25, 0.3) is 10.6 Å². The number of rotatable bonds is 11. The van der Waals surface area contributed by atoms with E-state index < -0.39 is 0 Å². The zero-order chi connectivity index (χ0) is 21.3. The van der Waals surface area contributed by atoms with E-state index in [1.165, 1.54) is 17.1 Å². The molecular formula is C22H28ClN3O4S. The number of hydrogen-bond donors (Lipinski definition) is 1. The first kappa shape index (κ1) is 24.7. The average molecular weight is 466 g/mol. The molecule has 0 amide bonds. The molecule has 9 heteroatoms. The number of nitrogens with zero attached hydrogens (tertiary/aromatic N) is 3. The molecule has 2 aromatic carbocycles. The molecule has 0 bridgehead atoms. The number of phenolic OH excluding ortho intramolecular Hbond substituents is 1. The lowest BCUT2D eigenvalue weighted by molar-refractivity contribution is 0.253. The van der Waals surface area contributed by atoms with Crippen molar-refractivity contribution in [3.8, 4) is 33.8 Å². The van der Waals surface area contributed by atoms with Gasteiger partial charge in [0.2, 0.25) is 0 Å². The first-order valence-electron chi connectivity index (χ1n) is 9.74. The number of aromatic nitrogens is 2. The van der Waals surface area contributed by atoms with E-state index in [1.807, 2.05) is 18.2 Å². The molecule has 1 N–H and O–H groups in total. The van der Waals surface area contributed by atoms with E-state index in [-0.39, 0.29) is 18.2 Å². The average Bonchev–Trinajstić information content (AvgIpc) is 3.24. The number of phenols is 1. The van der Waals surface area contributed by atoms with Crippen molar-refractivity contribution in [2.45, 2.75) is 12.8 Å². The summed E-state index contributed by atoms with van der Waals surface area (Å²) >= 11 is 1.26. The highest BCUT2D eigenvalue weighted by molar-refractivity contribution is 7.09. The Kier molecular flexibility index (Phi) is 9.84. The van der Waals surface area contributed by atoms with Crippen LogP contribution in [0.4, 0.5) is 0 Å². The Bertz CT molecular complexity index is 954. The predicted octanol–water partition coefficient (Wildman–Crippen LogP) is 4.29. The van der Waals surface area contributed by atoms with Crippen LogP contribution in [0.2, 0.25) is 0 Å². The molecule has 3 aromatic rings. The number of likely N-dealkylation sites (N-methyl/N-ethyl adjacent to an activating group) is 1. The molecule has 31 heavy (non-hydrogen) atoms. The lowest BCUT2D eigenvalue weighted by atomic mass is 10.1. The van der Waals surface area contributed by atoms with Gasteiger partial charge in [0.05, 0.1) is 20.8 Å². The molecular weight excluding hydrogens is 438 g/mol. The van der Waals surface area contributed by atoms with Gasteiger partial charge in [0.15, 0.2) is 11.5 Å². The molecule has 0 atom stereocenters. The van der Waals surface area contributed by atoms with Crippen molar-refractivity contribution in [1.29, 1.82) is 0 Å². The molecule has 0 saturated heterocycles. The monoisotopic (exact) mass is 465 g/mol. The summed E-state index contributed by atoms with van der Waals surface area (Å²) in [7, 11) is 5.39. The number of halogens is 1. The summed E-state index contributed by atoms with van der Waals surface area (Å²) in [5, 5.41) is 10.3. The largest absolute Gasteiger partial charge is 0.508 e. The van der Waals surface area contributed by atoms with Crippen LogP contribution < -0.4 is 14.2 Å². The Balaban J connectivity index is 0.00000341. The standard InChI is InChI=1S/C22H27N3O4S.ClH/c1-25(12-10-16-8-9-19(27-2)20(14-16)28-3)11-5-13-29-22-23-21(30-24-22)17-6-4-7-18(26)15-17;/h4,6-9,14-15,26H,5,10-13H2,1-3H3;1H. The normalized spacial score (nSPS) is 10.6. The molecule has 0 aliphatic carbocycles. The molecule has 7 nitrogen and oxygen atoms in total. The Labute approximate surface area is 193 Å². The minimum atomic E-state index is 0. The molecule has 3 rings (SSSR count). The molecule has 0 radical (unpaired) electrons. The van der Waals surface area contributed by atoms with Crippen molar-refractivity contribution < 1.29 is 19.3 Å². The van der Waals surface area contributed by atoms with E-state index >= 15 is 0 Å². The van der Waals surface area contributed by atoms with Gasteiger partial charge in [-0.15, -0.1) is 16.8 Å². The van der Waals surface area contributed by atoms with Crippen LogP contribution in [-0.2, 0) is 6.42 Å². The highest BCUT2D eigenvalue weighted by atomic mass is 35.5. The van der Waals surface area contributed by atoms with E-state index in [0.717, 1.165) is 48.0 Å². The van der Waals surface area contributed by atoms with Gasteiger partial charge in [-0.1, -0.05) is 18.2 Å². The van der Waals surface area contributed by atoms with Crippen molar-refractivity contribution >= 4 is 23.9 Å². The zero-order valence-electron chi connectivity index (χ0n) is 17.9. The third kappa shape index (κ3) is 7.27. The third-order valence-electron chi connectivity index (χ3n) is 4.65. The minimum Gasteiger partial charge on any atom is -0.508 e. The smallest absolute Gasteiger partial charge is 0.328 e. The Hall–Kier alpha value is -2.55. The van der Waals surface area contributed by atoms with Crippen LogP contribution in [-0.4, -0.2) is 60.3 Å². The van der Waals surface area contributed by atoms with Gasteiger partial charge in [-0.25, -0.2) is 0 Å². The van der Waals surface area contributed by atoms with Gasteiger partial charge in [0.1, 0.15) is 10.8 Å². The quantitative estimate of drug-likeness (QED) is 0.423. The van der Waals surface area contributed by atoms with E-state index in [9.17, 15) is 5.11 Å². The van der Waals surface area contributed by atoms with Gasteiger partial charge in [0.25, 0.3) is 0 Å². The lowest BCUT2D eigenvalue weighted by Gasteiger charge is -2.17. The molecule has 168 valence electrons. The fourth-order valence-corrected chi connectivity index (χ4v) is 3.60. The van der Waals surface area contributed by atoms with Crippen molar-refractivity contribution in [3.05, 3.63) is 48.0 Å². The van der Waals surface area contributed by atoms with Gasteiger partial charge in [-0.05, 0) is 61.3 Å². The van der Waals surface area contributed by atoms with Gasteiger partial charge >= 0.3 is 6.01 Å². The Morgan fingerprint density at radius 3 is 2.58 bits per heavy atom. The molecule has 1 heterocycles. The SMILES string of the molecule is COc1ccc(CCN(C)CCCOc2nsc(-c3cccc(O)c3)n2)cc1OC.Cl. The fourth-order valence-electron chi connectivity index (χ4n) is 2.99. The van der Waals surface area contributed by atoms with Crippen LogP contribution in [0, 0.1) is 0 Å². The van der Waals surface area contributed by atoms with Crippen molar-refractivity contribution in [2.75, 3.05) is 41.0 Å².